The van der Waals surface area contributed by atoms with E-state index in [0.717, 1.165) is 19.6 Å². The third-order valence-electron chi connectivity index (χ3n) is 2.91. The Bertz CT molecular complexity index is 176. The molecule has 1 heterocycles. The number of carboxylic acid groups (broad SMARTS) is 1. The van der Waals surface area contributed by atoms with Crippen LogP contribution >= 0.6 is 0 Å². The lowest BCUT2D eigenvalue weighted by Gasteiger charge is -2.41. The molecule has 1 fully saturated rings. The SMILES string of the molecule is CCCCN1CC(C(C)C(=O)O)C1. The molecule has 13 heavy (non-hydrogen) atoms. The number of rotatable bonds is 5. The molecule has 1 atom stereocenters. The zero-order chi connectivity index (χ0) is 9.84. The van der Waals surface area contributed by atoms with E-state index in [2.05, 4.69) is 11.8 Å². The molecular weight excluding hydrogens is 166 g/mol. The Morgan fingerprint density at radius 3 is 2.69 bits per heavy atom. The number of likely N-dealkylation sites (tertiary alicyclic amines) is 1. The largest absolute Gasteiger partial charge is 0.481 e. The maximum Gasteiger partial charge on any atom is 0.306 e. The third-order valence-corrected chi connectivity index (χ3v) is 2.91. The summed E-state index contributed by atoms with van der Waals surface area (Å²) in [5.41, 5.74) is 0. The van der Waals surface area contributed by atoms with Crippen LogP contribution in [0.4, 0.5) is 0 Å². The van der Waals surface area contributed by atoms with E-state index in [1.807, 2.05) is 6.92 Å². The Morgan fingerprint density at radius 1 is 1.62 bits per heavy atom. The van der Waals surface area contributed by atoms with Crippen molar-refractivity contribution < 1.29 is 9.90 Å². The fourth-order valence-electron chi connectivity index (χ4n) is 1.69. The zero-order valence-electron chi connectivity index (χ0n) is 8.49. The number of unbranched alkanes of at least 4 members (excludes halogenated alkanes) is 1. The average Bonchev–Trinajstić information content (AvgIpc) is 2.01. The van der Waals surface area contributed by atoms with Crippen LogP contribution in [-0.4, -0.2) is 35.6 Å². The molecule has 1 rings (SSSR count). The van der Waals surface area contributed by atoms with Gasteiger partial charge in [0.25, 0.3) is 0 Å². The van der Waals surface area contributed by atoms with E-state index < -0.39 is 5.97 Å². The Labute approximate surface area is 79.7 Å². The topological polar surface area (TPSA) is 40.5 Å². The monoisotopic (exact) mass is 185 g/mol. The molecule has 0 amide bonds. The van der Waals surface area contributed by atoms with E-state index in [1.165, 1.54) is 12.8 Å². The molecule has 1 saturated heterocycles. The van der Waals surface area contributed by atoms with Gasteiger partial charge in [-0.2, -0.15) is 0 Å². The van der Waals surface area contributed by atoms with Gasteiger partial charge in [0.05, 0.1) is 5.92 Å². The smallest absolute Gasteiger partial charge is 0.306 e. The van der Waals surface area contributed by atoms with Crippen LogP contribution in [0.2, 0.25) is 0 Å². The number of carboxylic acids is 1. The van der Waals surface area contributed by atoms with Crippen LogP contribution in [0.1, 0.15) is 26.7 Å². The molecule has 1 aliphatic heterocycles. The third kappa shape index (κ3) is 2.69. The van der Waals surface area contributed by atoms with Gasteiger partial charge in [-0.1, -0.05) is 20.3 Å². The lowest BCUT2D eigenvalue weighted by molar-refractivity contribution is -0.145. The van der Waals surface area contributed by atoms with E-state index in [1.54, 1.807) is 0 Å². The summed E-state index contributed by atoms with van der Waals surface area (Å²) >= 11 is 0. The predicted molar refractivity (Wildman–Crippen MR) is 51.6 cm³/mol. The van der Waals surface area contributed by atoms with Crippen LogP contribution in [-0.2, 0) is 4.79 Å². The molecule has 0 bridgehead atoms. The molecule has 3 nitrogen and oxygen atoms in total. The van der Waals surface area contributed by atoms with Crippen molar-refractivity contribution in [3.05, 3.63) is 0 Å². The highest BCUT2D eigenvalue weighted by Crippen LogP contribution is 2.23. The first-order chi connectivity index (χ1) is 6.15. The summed E-state index contributed by atoms with van der Waals surface area (Å²) < 4.78 is 0. The number of hydrogen-bond donors (Lipinski definition) is 1. The maximum absolute atomic E-state index is 10.6. The van der Waals surface area contributed by atoms with Gasteiger partial charge in [0.1, 0.15) is 0 Å². The molecule has 0 aromatic heterocycles. The molecule has 0 aliphatic carbocycles. The highest BCUT2D eigenvalue weighted by molar-refractivity contribution is 5.70. The van der Waals surface area contributed by atoms with Gasteiger partial charge in [0.15, 0.2) is 0 Å². The van der Waals surface area contributed by atoms with Gasteiger partial charge in [-0.25, -0.2) is 0 Å². The van der Waals surface area contributed by atoms with Crippen LogP contribution in [0.5, 0.6) is 0 Å². The number of hydrogen-bond acceptors (Lipinski definition) is 2. The van der Waals surface area contributed by atoms with Crippen molar-refractivity contribution in [2.75, 3.05) is 19.6 Å². The fourth-order valence-corrected chi connectivity index (χ4v) is 1.69. The molecule has 1 N–H and O–H groups in total. The Kier molecular flexibility index (Phi) is 3.72. The molecule has 0 aromatic rings. The van der Waals surface area contributed by atoms with Crippen molar-refractivity contribution >= 4 is 5.97 Å². The van der Waals surface area contributed by atoms with E-state index >= 15 is 0 Å². The van der Waals surface area contributed by atoms with Crippen molar-refractivity contribution in [2.24, 2.45) is 11.8 Å². The molecule has 76 valence electrons. The van der Waals surface area contributed by atoms with Gasteiger partial charge in [0.2, 0.25) is 0 Å². The molecular formula is C10H19NO2. The summed E-state index contributed by atoms with van der Waals surface area (Å²) in [7, 11) is 0. The first kappa shape index (κ1) is 10.5. The number of nitrogens with zero attached hydrogens (tertiary/aromatic N) is 1. The lowest BCUT2D eigenvalue weighted by atomic mass is 9.87. The van der Waals surface area contributed by atoms with E-state index in [0.29, 0.717) is 5.92 Å². The Morgan fingerprint density at radius 2 is 2.23 bits per heavy atom. The van der Waals surface area contributed by atoms with Gasteiger partial charge in [0, 0.05) is 13.1 Å². The highest BCUT2D eigenvalue weighted by atomic mass is 16.4. The average molecular weight is 185 g/mol. The normalized spacial score (nSPS) is 21.1. The van der Waals surface area contributed by atoms with Crippen LogP contribution < -0.4 is 0 Å². The lowest BCUT2D eigenvalue weighted by Crippen LogP contribution is -2.51. The predicted octanol–water partition coefficient (Wildman–Crippen LogP) is 1.44. The van der Waals surface area contributed by atoms with Gasteiger partial charge in [-0.3, -0.25) is 4.79 Å². The first-order valence-corrected chi connectivity index (χ1v) is 5.10. The minimum Gasteiger partial charge on any atom is -0.481 e. The summed E-state index contributed by atoms with van der Waals surface area (Å²) in [6, 6.07) is 0. The van der Waals surface area contributed by atoms with Crippen molar-refractivity contribution in [1.29, 1.82) is 0 Å². The van der Waals surface area contributed by atoms with Crippen molar-refractivity contribution in [3.8, 4) is 0 Å². The second kappa shape index (κ2) is 4.61. The van der Waals surface area contributed by atoms with Crippen LogP contribution in [0.3, 0.4) is 0 Å². The molecule has 0 saturated carbocycles. The minimum absolute atomic E-state index is 0.169. The fraction of sp³-hybridized carbons (Fsp3) is 0.900. The van der Waals surface area contributed by atoms with Gasteiger partial charge < -0.3 is 10.0 Å². The van der Waals surface area contributed by atoms with Gasteiger partial charge in [-0.15, -0.1) is 0 Å². The second-order valence-electron chi connectivity index (χ2n) is 4.00. The minimum atomic E-state index is -0.653. The molecule has 0 spiro atoms. The maximum atomic E-state index is 10.6. The van der Waals surface area contributed by atoms with E-state index in [4.69, 9.17) is 5.11 Å². The zero-order valence-corrected chi connectivity index (χ0v) is 8.49. The molecule has 0 radical (unpaired) electrons. The van der Waals surface area contributed by atoms with Gasteiger partial charge in [-0.05, 0) is 18.9 Å². The van der Waals surface area contributed by atoms with Crippen LogP contribution in [0.25, 0.3) is 0 Å². The quantitative estimate of drug-likeness (QED) is 0.704. The Balaban J connectivity index is 2.14. The van der Waals surface area contributed by atoms with Crippen molar-refractivity contribution in [3.63, 3.8) is 0 Å². The molecule has 3 heteroatoms. The Hall–Kier alpha value is -0.570. The van der Waals surface area contributed by atoms with E-state index in [-0.39, 0.29) is 5.92 Å². The number of aliphatic carboxylic acids is 1. The highest BCUT2D eigenvalue weighted by Gasteiger charge is 2.33. The molecule has 1 aliphatic rings. The van der Waals surface area contributed by atoms with Gasteiger partial charge >= 0.3 is 5.97 Å². The van der Waals surface area contributed by atoms with E-state index in [9.17, 15) is 4.79 Å². The summed E-state index contributed by atoms with van der Waals surface area (Å²) in [5, 5.41) is 8.76. The summed E-state index contributed by atoms with van der Waals surface area (Å²) in [5.74, 6) is -0.438. The molecule has 0 aromatic carbocycles. The second-order valence-corrected chi connectivity index (χ2v) is 4.00. The summed E-state index contributed by atoms with van der Waals surface area (Å²) in [6.07, 6.45) is 2.45. The molecule has 1 unspecified atom stereocenters. The van der Waals surface area contributed by atoms with Crippen molar-refractivity contribution in [1.82, 2.24) is 4.90 Å². The summed E-state index contributed by atoms with van der Waals surface area (Å²) in [4.78, 5) is 13.0. The van der Waals surface area contributed by atoms with Crippen LogP contribution in [0, 0.1) is 11.8 Å². The standard InChI is InChI=1S/C10H19NO2/c1-3-4-5-11-6-9(7-11)8(2)10(12)13/h8-9H,3-7H2,1-2H3,(H,12,13). The number of carbonyl (C=O) groups is 1. The van der Waals surface area contributed by atoms with Crippen LogP contribution in [0.15, 0.2) is 0 Å². The van der Waals surface area contributed by atoms with Crippen molar-refractivity contribution in [2.45, 2.75) is 26.7 Å². The first-order valence-electron chi connectivity index (χ1n) is 5.10. The summed E-state index contributed by atoms with van der Waals surface area (Å²) in [6.45, 7) is 7.08.